The Kier molecular flexibility index (Phi) is 3.42. The van der Waals surface area contributed by atoms with Gasteiger partial charge in [0, 0.05) is 25.7 Å². The summed E-state index contributed by atoms with van der Waals surface area (Å²) in [6.07, 6.45) is 4.25. The van der Waals surface area contributed by atoms with E-state index in [-0.39, 0.29) is 0 Å². The zero-order valence-electron chi connectivity index (χ0n) is 9.11. The summed E-state index contributed by atoms with van der Waals surface area (Å²) >= 11 is 0. The van der Waals surface area contributed by atoms with Crippen molar-refractivity contribution in [3.05, 3.63) is 0 Å². The molecule has 1 saturated carbocycles. The first-order valence-corrected chi connectivity index (χ1v) is 5.87. The summed E-state index contributed by atoms with van der Waals surface area (Å²) in [7, 11) is 0. The highest BCUT2D eigenvalue weighted by molar-refractivity contribution is 4.90. The maximum atomic E-state index is 5.75. The molecule has 0 aromatic heterocycles. The molecule has 0 aromatic rings. The summed E-state index contributed by atoms with van der Waals surface area (Å²) in [6.45, 7) is 6.26. The SMILES string of the molecule is CC1CN(C2CCC2CN)CCCO1. The van der Waals surface area contributed by atoms with Crippen molar-refractivity contribution in [2.75, 3.05) is 26.2 Å². The lowest BCUT2D eigenvalue weighted by molar-refractivity contribution is 0.0293. The van der Waals surface area contributed by atoms with Crippen LogP contribution in [0, 0.1) is 5.92 Å². The minimum Gasteiger partial charge on any atom is -0.377 e. The van der Waals surface area contributed by atoms with E-state index in [0.29, 0.717) is 6.10 Å². The number of hydrogen-bond acceptors (Lipinski definition) is 3. The lowest BCUT2D eigenvalue weighted by atomic mass is 9.78. The fraction of sp³-hybridized carbons (Fsp3) is 1.00. The van der Waals surface area contributed by atoms with Crippen molar-refractivity contribution in [3.63, 3.8) is 0 Å². The van der Waals surface area contributed by atoms with Gasteiger partial charge in [0.25, 0.3) is 0 Å². The third-order valence-corrected chi connectivity index (χ3v) is 3.63. The number of nitrogens with zero attached hydrogens (tertiary/aromatic N) is 1. The van der Waals surface area contributed by atoms with Gasteiger partial charge in [-0.1, -0.05) is 0 Å². The number of nitrogens with two attached hydrogens (primary N) is 1. The molecule has 3 unspecified atom stereocenters. The molecule has 3 nitrogen and oxygen atoms in total. The summed E-state index contributed by atoms with van der Waals surface area (Å²) in [4.78, 5) is 2.60. The van der Waals surface area contributed by atoms with Crippen LogP contribution in [0.4, 0.5) is 0 Å². The van der Waals surface area contributed by atoms with Crippen molar-refractivity contribution in [2.24, 2.45) is 11.7 Å². The predicted molar refractivity (Wildman–Crippen MR) is 57.2 cm³/mol. The van der Waals surface area contributed by atoms with Gasteiger partial charge in [0.05, 0.1) is 6.10 Å². The molecule has 2 rings (SSSR count). The van der Waals surface area contributed by atoms with Crippen LogP contribution in [0.5, 0.6) is 0 Å². The van der Waals surface area contributed by atoms with E-state index in [2.05, 4.69) is 11.8 Å². The van der Waals surface area contributed by atoms with Gasteiger partial charge in [-0.2, -0.15) is 0 Å². The van der Waals surface area contributed by atoms with Crippen molar-refractivity contribution >= 4 is 0 Å². The third kappa shape index (κ3) is 2.10. The first-order valence-electron chi connectivity index (χ1n) is 5.87. The Morgan fingerprint density at radius 3 is 2.93 bits per heavy atom. The average Bonchev–Trinajstić information content (AvgIpc) is 2.29. The van der Waals surface area contributed by atoms with Crippen LogP contribution >= 0.6 is 0 Å². The lowest BCUT2D eigenvalue weighted by Gasteiger charge is -2.44. The maximum Gasteiger partial charge on any atom is 0.0674 e. The van der Waals surface area contributed by atoms with Crippen LogP contribution in [0.2, 0.25) is 0 Å². The monoisotopic (exact) mass is 198 g/mol. The van der Waals surface area contributed by atoms with E-state index < -0.39 is 0 Å². The van der Waals surface area contributed by atoms with Gasteiger partial charge in [0.1, 0.15) is 0 Å². The molecule has 1 saturated heterocycles. The molecule has 1 aliphatic heterocycles. The summed E-state index contributed by atoms with van der Waals surface area (Å²) in [5.74, 6) is 0.750. The molecule has 3 heteroatoms. The molecule has 1 aliphatic carbocycles. The normalized spacial score (nSPS) is 40.3. The summed E-state index contributed by atoms with van der Waals surface area (Å²) in [5, 5.41) is 0. The minimum atomic E-state index is 0.400. The van der Waals surface area contributed by atoms with E-state index in [1.54, 1.807) is 0 Å². The zero-order chi connectivity index (χ0) is 9.97. The first-order chi connectivity index (χ1) is 6.81. The molecule has 0 aromatic carbocycles. The summed E-state index contributed by atoms with van der Waals surface area (Å²) in [5.41, 5.74) is 5.75. The number of ether oxygens (including phenoxy) is 1. The predicted octanol–water partition coefficient (Wildman–Crippen LogP) is 0.834. The van der Waals surface area contributed by atoms with Gasteiger partial charge in [0.15, 0.2) is 0 Å². The Hall–Kier alpha value is -0.120. The molecular formula is C11H22N2O. The standard InChI is InChI=1S/C11H22N2O/c1-9-8-13(5-2-6-14-9)11-4-3-10(11)7-12/h9-11H,2-8,12H2,1H3. The smallest absolute Gasteiger partial charge is 0.0674 e. The molecule has 14 heavy (non-hydrogen) atoms. The number of rotatable bonds is 2. The van der Waals surface area contributed by atoms with E-state index in [9.17, 15) is 0 Å². The zero-order valence-corrected chi connectivity index (χ0v) is 9.11. The number of hydrogen-bond donors (Lipinski definition) is 1. The van der Waals surface area contributed by atoms with Gasteiger partial charge in [0.2, 0.25) is 0 Å². The molecule has 2 N–H and O–H groups in total. The van der Waals surface area contributed by atoms with Gasteiger partial charge in [-0.3, -0.25) is 4.90 Å². The molecule has 2 fully saturated rings. The molecular weight excluding hydrogens is 176 g/mol. The second-order valence-electron chi connectivity index (χ2n) is 4.67. The lowest BCUT2D eigenvalue weighted by Crippen LogP contribution is -2.51. The van der Waals surface area contributed by atoms with Crippen molar-refractivity contribution < 1.29 is 4.74 Å². The molecule has 2 aliphatic rings. The van der Waals surface area contributed by atoms with E-state index in [0.717, 1.165) is 31.7 Å². The highest BCUT2D eigenvalue weighted by atomic mass is 16.5. The van der Waals surface area contributed by atoms with Crippen molar-refractivity contribution in [1.82, 2.24) is 4.90 Å². The van der Waals surface area contributed by atoms with Gasteiger partial charge >= 0.3 is 0 Å². The molecule has 82 valence electrons. The highest BCUT2D eigenvalue weighted by Gasteiger charge is 2.35. The Morgan fingerprint density at radius 1 is 1.43 bits per heavy atom. The van der Waals surface area contributed by atoms with Crippen LogP contribution in [0.15, 0.2) is 0 Å². The molecule has 0 radical (unpaired) electrons. The fourth-order valence-electron chi connectivity index (χ4n) is 2.63. The van der Waals surface area contributed by atoms with Gasteiger partial charge in [-0.15, -0.1) is 0 Å². The molecule has 0 spiro atoms. The van der Waals surface area contributed by atoms with Crippen LogP contribution in [0.25, 0.3) is 0 Å². The van der Waals surface area contributed by atoms with Crippen LogP contribution in [0.3, 0.4) is 0 Å². The topological polar surface area (TPSA) is 38.5 Å². The van der Waals surface area contributed by atoms with Crippen LogP contribution in [-0.4, -0.2) is 43.3 Å². The average molecular weight is 198 g/mol. The van der Waals surface area contributed by atoms with Crippen LogP contribution in [-0.2, 0) is 4.74 Å². The van der Waals surface area contributed by atoms with Gasteiger partial charge in [-0.25, -0.2) is 0 Å². The quantitative estimate of drug-likeness (QED) is 0.714. The Morgan fingerprint density at radius 2 is 2.29 bits per heavy atom. The Balaban J connectivity index is 1.88. The summed E-state index contributed by atoms with van der Waals surface area (Å²) < 4.78 is 5.65. The Bertz CT molecular complexity index is 184. The second-order valence-corrected chi connectivity index (χ2v) is 4.67. The van der Waals surface area contributed by atoms with E-state index in [1.807, 2.05) is 0 Å². The van der Waals surface area contributed by atoms with Gasteiger partial charge < -0.3 is 10.5 Å². The van der Waals surface area contributed by atoms with E-state index in [4.69, 9.17) is 10.5 Å². The van der Waals surface area contributed by atoms with E-state index in [1.165, 1.54) is 25.8 Å². The largest absolute Gasteiger partial charge is 0.377 e. The fourth-order valence-corrected chi connectivity index (χ4v) is 2.63. The molecule has 1 heterocycles. The first kappa shape index (κ1) is 10.4. The molecule has 3 atom stereocenters. The highest BCUT2D eigenvalue weighted by Crippen LogP contribution is 2.32. The minimum absolute atomic E-state index is 0.400. The van der Waals surface area contributed by atoms with Crippen LogP contribution in [0.1, 0.15) is 26.2 Å². The molecule has 0 amide bonds. The van der Waals surface area contributed by atoms with Gasteiger partial charge in [-0.05, 0) is 38.6 Å². The Labute approximate surface area is 86.6 Å². The maximum absolute atomic E-state index is 5.75. The van der Waals surface area contributed by atoms with Crippen molar-refractivity contribution in [3.8, 4) is 0 Å². The third-order valence-electron chi connectivity index (χ3n) is 3.63. The van der Waals surface area contributed by atoms with Crippen molar-refractivity contribution in [2.45, 2.75) is 38.3 Å². The van der Waals surface area contributed by atoms with Crippen molar-refractivity contribution in [1.29, 1.82) is 0 Å². The second kappa shape index (κ2) is 4.60. The van der Waals surface area contributed by atoms with Crippen LogP contribution < -0.4 is 5.73 Å². The summed E-state index contributed by atoms with van der Waals surface area (Å²) in [6, 6.07) is 0.754. The molecule has 0 bridgehead atoms. The van der Waals surface area contributed by atoms with E-state index >= 15 is 0 Å².